The fourth-order valence-electron chi connectivity index (χ4n) is 4.60. The van der Waals surface area contributed by atoms with Gasteiger partial charge >= 0.3 is 11.9 Å². The fourth-order valence-corrected chi connectivity index (χ4v) is 6.88. The Kier molecular flexibility index (Phi) is 6.18. The van der Waals surface area contributed by atoms with E-state index in [0.29, 0.717) is 6.42 Å². The first-order chi connectivity index (χ1) is 14.2. The molecule has 0 unspecified atom stereocenters. The van der Waals surface area contributed by atoms with Crippen LogP contribution in [0, 0.1) is 12.3 Å². The number of fused-ring (bicyclic) bond motifs is 1. The third-order valence-corrected chi connectivity index (χ3v) is 7.84. The van der Waals surface area contributed by atoms with Crippen molar-refractivity contribution in [3.63, 3.8) is 0 Å². The normalized spacial score (nSPS) is 14.9. The summed E-state index contributed by atoms with van der Waals surface area (Å²) in [6, 6.07) is 9.96. The molecule has 5 nitrogen and oxygen atoms in total. The van der Waals surface area contributed by atoms with Crippen molar-refractivity contribution in [2.24, 2.45) is 5.41 Å². The third kappa shape index (κ3) is 3.81. The van der Waals surface area contributed by atoms with Crippen molar-refractivity contribution in [3.8, 4) is 11.3 Å². The lowest BCUT2D eigenvalue weighted by Gasteiger charge is -2.26. The maximum Gasteiger partial charge on any atom is 0.324 e. The van der Waals surface area contributed by atoms with Gasteiger partial charge in [0.1, 0.15) is 0 Å². The number of hydrogen-bond donors (Lipinski definition) is 0. The van der Waals surface area contributed by atoms with Crippen molar-refractivity contribution in [1.29, 1.82) is 0 Å². The number of aromatic nitrogens is 1. The highest BCUT2D eigenvalue weighted by molar-refractivity contribution is 6.89. The van der Waals surface area contributed by atoms with Gasteiger partial charge in [-0.25, -0.2) is 0 Å². The molecule has 1 aliphatic carbocycles. The average molecular weight is 426 g/mol. The second-order valence-electron chi connectivity index (χ2n) is 8.87. The van der Waals surface area contributed by atoms with E-state index >= 15 is 0 Å². The topological polar surface area (TPSA) is 65.5 Å². The van der Waals surface area contributed by atoms with E-state index in [4.69, 9.17) is 14.5 Å². The average Bonchev–Trinajstić information content (AvgIpc) is 3.08. The lowest BCUT2D eigenvalue weighted by molar-refractivity contribution is -0.171. The number of aryl methyl sites for hydroxylation is 1. The van der Waals surface area contributed by atoms with Crippen LogP contribution >= 0.6 is 0 Å². The number of hydrogen-bond acceptors (Lipinski definition) is 5. The molecule has 2 aromatic rings. The molecule has 0 spiro atoms. The molecule has 1 aromatic carbocycles. The number of pyridine rings is 1. The maximum absolute atomic E-state index is 13.1. The molecule has 160 valence electrons. The first-order valence-electron chi connectivity index (χ1n) is 10.6. The van der Waals surface area contributed by atoms with Gasteiger partial charge in [0.15, 0.2) is 5.41 Å². The molecule has 1 aliphatic rings. The lowest BCUT2D eigenvalue weighted by atomic mass is 9.84. The Labute approximate surface area is 179 Å². The number of ether oxygens (including phenoxy) is 2. The van der Waals surface area contributed by atoms with E-state index < -0.39 is 25.4 Å². The monoisotopic (exact) mass is 425 g/mol. The second-order valence-corrected chi connectivity index (χ2v) is 13.9. The van der Waals surface area contributed by atoms with E-state index in [0.717, 1.165) is 28.1 Å². The third-order valence-electron chi connectivity index (χ3n) is 5.68. The Morgan fingerprint density at radius 1 is 0.967 bits per heavy atom. The van der Waals surface area contributed by atoms with Gasteiger partial charge < -0.3 is 9.47 Å². The molecule has 0 atom stereocenters. The molecule has 30 heavy (non-hydrogen) atoms. The minimum absolute atomic E-state index is 0.222. The Morgan fingerprint density at radius 3 is 2.00 bits per heavy atom. The molecule has 0 amide bonds. The molecule has 0 radical (unpaired) electrons. The van der Waals surface area contributed by atoms with Crippen LogP contribution < -0.4 is 5.19 Å². The second kappa shape index (κ2) is 8.34. The van der Waals surface area contributed by atoms with Gasteiger partial charge in [-0.3, -0.25) is 14.6 Å². The van der Waals surface area contributed by atoms with E-state index in [-0.39, 0.29) is 19.6 Å². The van der Waals surface area contributed by atoms with Gasteiger partial charge in [0.2, 0.25) is 0 Å². The first kappa shape index (κ1) is 22.2. The summed E-state index contributed by atoms with van der Waals surface area (Å²) < 4.78 is 10.8. The molecule has 1 heterocycles. The lowest BCUT2D eigenvalue weighted by Crippen LogP contribution is -2.45. The minimum atomic E-state index is -1.79. The van der Waals surface area contributed by atoms with Crippen molar-refractivity contribution in [1.82, 2.24) is 4.98 Å². The molecule has 3 rings (SSSR count). The molecular formula is C24H31NO4Si. The molecule has 0 N–H and O–H groups in total. The van der Waals surface area contributed by atoms with Gasteiger partial charge in [0, 0.05) is 17.7 Å². The zero-order chi connectivity index (χ0) is 22.1. The zero-order valence-corrected chi connectivity index (χ0v) is 19.8. The predicted molar refractivity (Wildman–Crippen MR) is 120 cm³/mol. The predicted octanol–water partition coefficient (Wildman–Crippen LogP) is 3.81. The van der Waals surface area contributed by atoms with Crippen LogP contribution in [-0.2, 0) is 31.9 Å². The number of carbonyl (C=O) groups excluding carboxylic acids is 2. The highest BCUT2D eigenvalue weighted by Crippen LogP contribution is 2.43. The van der Waals surface area contributed by atoms with Crippen LogP contribution in [-0.4, -0.2) is 38.2 Å². The van der Waals surface area contributed by atoms with Crippen LogP contribution in [0.1, 0.15) is 30.7 Å². The van der Waals surface area contributed by atoms with E-state index in [1.54, 1.807) is 13.8 Å². The first-order valence-corrected chi connectivity index (χ1v) is 14.1. The number of carbonyl (C=O) groups is 2. The fraction of sp³-hybridized carbons (Fsp3) is 0.458. The van der Waals surface area contributed by atoms with Crippen molar-refractivity contribution >= 4 is 25.2 Å². The minimum Gasteiger partial charge on any atom is -0.465 e. The summed E-state index contributed by atoms with van der Waals surface area (Å²) in [6.45, 7) is 12.8. The van der Waals surface area contributed by atoms with Crippen molar-refractivity contribution in [2.75, 3.05) is 13.2 Å². The quantitative estimate of drug-likeness (QED) is 0.400. The Balaban J connectivity index is 2.27. The van der Waals surface area contributed by atoms with Crippen molar-refractivity contribution < 1.29 is 19.1 Å². The van der Waals surface area contributed by atoms with E-state index in [9.17, 15) is 9.59 Å². The van der Waals surface area contributed by atoms with Crippen LogP contribution in [0.15, 0.2) is 30.3 Å². The van der Waals surface area contributed by atoms with E-state index in [2.05, 4.69) is 19.6 Å². The molecular weight excluding hydrogens is 394 g/mol. The summed E-state index contributed by atoms with van der Waals surface area (Å²) >= 11 is 0. The van der Waals surface area contributed by atoms with Crippen LogP contribution in [0.4, 0.5) is 0 Å². The zero-order valence-electron chi connectivity index (χ0n) is 18.8. The van der Waals surface area contributed by atoms with Gasteiger partial charge in [0.05, 0.1) is 27.0 Å². The van der Waals surface area contributed by atoms with E-state index in [1.165, 1.54) is 5.19 Å². The van der Waals surface area contributed by atoms with Crippen molar-refractivity contribution in [3.05, 3.63) is 47.2 Å². The molecule has 0 bridgehead atoms. The number of esters is 2. The maximum atomic E-state index is 13.1. The van der Waals surface area contributed by atoms with Gasteiger partial charge in [0.25, 0.3) is 0 Å². The number of benzene rings is 1. The Hall–Kier alpha value is -2.47. The number of rotatable bonds is 6. The summed E-state index contributed by atoms with van der Waals surface area (Å²) in [5.74, 6) is -1.00. The van der Waals surface area contributed by atoms with Crippen LogP contribution in [0.5, 0.6) is 0 Å². The molecule has 6 heteroatoms. The largest absolute Gasteiger partial charge is 0.465 e. The number of nitrogens with zero attached hydrogens (tertiary/aromatic N) is 1. The smallest absolute Gasteiger partial charge is 0.324 e. The SMILES string of the molecule is CCOC(=O)C1(C(=O)OCC)Cc2c(-c3ccccc3)nc(C)c([Si](C)(C)C)c2C1. The summed E-state index contributed by atoms with van der Waals surface area (Å²) in [6.07, 6.45) is 0.567. The summed E-state index contributed by atoms with van der Waals surface area (Å²) in [4.78, 5) is 31.2. The van der Waals surface area contributed by atoms with Crippen LogP contribution in [0.25, 0.3) is 11.3 Å². The molecule has 0 saturated heterocycles. The standard InChI is InChI=1S/C24H31NO4Si/c1-7-28-22(26)24(23(27)29-8-2)14-18-19(15-24)21(30(4,5)6)16(3)25-20(18)17-12-10-9-11-13-17/h9-13H,7-8,14-15H2,1-6H3. The van der Waals surface area contributed by atoms with Crippen LogP contribution in [0.2, 0.25) is 19.6 Å². The van der Waals surface area contributed by atoms with Gasteiger partial charge in [-0.15, -0.1) is 0 Å². The molecule has 1 aromatic heterocycles. The van der Waals surface area contributed by atoms with Crippen molar-refractivity contribution in [2.45, 2.75) is 53.3 Å². The Bertz CT molecular complexity index is 945. The highest BCUT2D eigenvalue weighted by Gasteiger charge is 2.55. The van der Waals surface area contributed by atoms with Gasteiger partial charge in [-0.1, -0.05) is 50.0 Å². The molecule has 0 aliphatic heterocycles. The summed E-state index contributed by atoms with van der Waals surface area (Å²) in [5, 5.41) is 1.23. The summed E-state index contributed by atoms with van der Waals surface area (Å²) in [7, 11) is -1.79. The summed E-state index contributed by atoms with van der Waals surface area (Å²) in [5.41, 5.74) is 3.53. The molecule has 0 fully saturated rings. The Morgan fingerprint density at radius 2 is 1.50 bits per heavy atom. The van der Waals surface area contributed by atoms with Gasteiger partial charge in [-0.2, -0.15) is 0 Å². The van der Waals surface area contributed by atoms with Crippen LogP contribution in [0.3, 0.4) is 0 Å². The van der Waals surface area contributed by atoms with Gasteiger partial charge in [-0.05, 0) is 43.5 Å². The molecule has 0 saturated carbocycles. The van der Waals surface area contributed by atoms with E-state index in [1.807, 2.05) is 37.3 Å². The highest BCUT2D eigenvalue weighted by atomic mass is 28.3.